The third-order valence-corrected chi connectivity index (χ3v) is 3.15. The number of nitrogen functional groups attached to an aromatic ring is 1. The van der Waals surface area contributed by atoms with Gasteiger partial charge in [0.2, 0.25) is 0 Å². The van der Waals surface area contributed by atoms with Gasteiger partial charge in [-0.2, -0.15) is 0 Å². The number of nitrogens with zero attached hydrogens (tertiary/aromatic N) is 2. The van der Waals surface area contributed by atoms with Crippen LogP contribution in [0.25, 0.3) is 0 Å². The lowest BCUT2D eigenvalue weighted by molar-refractivity contribution is -0.384. The summed E-state index contributed by atoms with van der Waals surface area (Å²) in [6.45, 7) is 2.05. The van der Waals surface area contributed by atoms with E-state index in [0.29, 0.717) is 11.7 Å². The summed E-state index contributed by atoms with van der Waals surface area (Å²) >= 11 is 0. The topological polar surface area (TPSA) is 84.4 Å². The van der Waals surface area contributed by atoms with Crippen molar-refractivity contribution in [3.63, 3.8) is 0 Å². The standard InChI is InChI=1S/C12H18N4O2/c1-15-4-2-3-10(8-15)14-11-5-9(13)6-12(7-11)16(17)18/h5-7,10,14H,2-4,8,13H2,1H3. The van der Waals surface area contributed by atoms with Crippen LogP contribution in [-0.2, 0) is 0 Å². The van der Waals surface area contributed by atoms with Gasteiger partial charge in [-0.15, -0.1) is 0 Å². The number of non-ortho nitro benzene ring substituents is 1. The molecule has 1 saturated heterocycles. The molecule has 0 amide bonds. The number of likely N-dealkylation sites (tertiary alicyclic amines) is 1. The summed E-state index contributed by atoms with van der Waals surface area (Å²) < 4.78 is 0. The molecule has 6 heteroatoms. The Kier molecular flexibility index (Phi) is 3.66. The minimum atomic E-state index is -0.422. The van der Waals surface area contributed by atoms with Crippen LogP contribution in [-0.4, -0.2) is 36.0 Å². The molecular weight excluding hydrogens is 232 g/mol. The highest BCUT2D eigenvalue weighted by atomic mass is 16.6. The van der Waals surface area contributed by atoms with E-state index >= 15 is 0 Å². The van der Waals surface area contributed by atoms with Gasteiger partial charge < -0.3 is 16.0 Å². The van der Waals surface area contributed by atoms with Crippen molar-refractivity contribution in [2.45, 2.75) is 18.9 Å². The van der Waals surface area contributed by atoms with E-state index in [2.05, 4.69) is 17.3 Å². The second-order valence-electron chi connectivity index (χ2n) is 4.82. The molecular formula is C12H18N4O2. The van der Waals surface area contributed by atoms with E-state index in [-0.39, 0.29) is 5.69 Å². The Hall–Kier alpha value is -1.82. The van der Waals surface area contributed by atoms with Crippen molar-refractivity contribution in [2.75, 3.05) is 31.2 Å². The van der Waals surface area contributed by atoms with Crippen LogP contribution in [0.1, 0.15) is 12.8 Å². The molecule has 0 aromatic heterocycles. The van der Waals surface area contributed by atoms with Crippen molar-refractivity contribution in [3.8, 4) is 0 Å². The second-order valence-corrected chi connectivity index (χ2v) is 4.82. The average molecular weight is 250 g/mol. The van der Waals surface area contributed by atoms with Crippen molar-refractivity contribution in [2.24, 2.45) is 0 Å². The lowest BCUT2D eigenvalue weighted by Crippen LogP contribution is -2.39. The summed E-state index contributed by atoms with van der Waals surface area (Å²) in [5.41, 5.74) is 6.84. The van der Waals surface area contributed by atoms with Gasteiger partial charge in [0, 0.05) is 36.1 Å². The number of nitro groups is 1. The molecule has 1 heterocycles. The van der Waals surface area contributed by atoms with E-state index in [9.17, 15) is 10.1 Å². The zero-order valence-electron chi connectivity index (χ0n) is 10.4. The predicted molar refractivity (Wildman–Crippen MR) is 71.7 cm³/mol. The largest absolute Gasteiger partial charge is 0.398 e. The smallest absolute Gasteiger partial charge is 0.273 e. The van der Waals surface area contributed by atoms with Gasteiger partial charge in [-0.3, -0.25) is 10.1 Å². The number of likely N-dealkylation sites (N-methyl/N-ethyl adjacent to an activating group) is 1. The van der Waals surface area contributed by atoms with E-state index in [4.69, 9.17) is 5.73 Å². The van der Waals surface area contributed by atoms with E-state index in [0.717, 1.165) is 31.6 Å². The predicted octanol–water partition coefficient (Wildman–Crippen LogP) is 1.68. The highest BCUT2D eigenvalue weighted by molar-refractivity contribution is 5.61. The maximum Gasteiger partial charge on any atom is 0.273 e. The summed E-state index contributed by atoms with van der Waals surface area (Å²) in [5, 5.41) is 14.1. The molecule has 1 atom stereocenters. The minimum absolute atomic E-state index is 0.0293. The Morgan fingerprint density at radius 1 is 1.50 bits per heavy atom. The van der Waals surface area contributed by atoms with Gasteiger partial charge in [-0.1, -0.05) is 0 Å². The fourth-order valence-electron chi connectivity index (χ4n) is 2.34. The van der Waals surface area contributed by atoms with Crippen LogP contribution in [0.5, 0.6) is 0 Å². The van der Waals surface area contributed by atoms with Crippen LogP contribution in [0.2, 0.25) is 0 Å². The van der Waals surface area contributed by atoms with E-state index in [1.807, 2.05) is 0 Å². The van der Waals surface area contributed by atoms with Gasteiger partial charge in [0.15, 0.2) is 0 Å². The third-order valence-electron chi connectivity index (χ3n) is 3.15. The lowest BCUT2D eigenvalue weighted by Gasteiger charge is -2.30. The van der Waals surface area contributed by atoms with E-state index in [1.165, 1.54) is 12.1 Å². The van der Waals surface area contributed by atoms with Gasteiger partial charge in [-0.05, 0) is 32.5 Å². The first-order valence-electron chi connectivity index (χ1n) is 6.04. The van der Waals surface area contributed by atoms with Gasteiger partial charge >= 0.3 is 0 Å². The molecule has 0 radical (unpaired) electrons. The molecule has 98 valence electrons. The van der Waals surface area contributed by atoms with Gasteiger partial charge in [0.25, 0.3) is 5.69 Å². The van der Waals surface area contributed by atoms with Crippen LogP contribution >= 0.6 is 0 Å². The number of benzene rings is 1. The third kappa shape index (κ3) is 3.10. The molecule has 6 nitrogen and oxygen atoms in total. The summed E-state index contributed by atoms with van der Waals surface area (Å²) in [7, 11) is 2.08. The highest BCUT2D eigenvalue weighted by Crippen LogP contribution is 2.24. The number of nitro benzene ring substituents is 1. The molecule has 0 aliphatic carbocycles. The first-order chi connectivity index (χ1) is 8.54. The van der Waals surface area contributed by atoms with E-state index in [1.54, 1.807) is 6.07 Å². The molecule has 0 saturated carbocycles. The van der Waals surface area contributed by atoms with Crippen LogP contribution in [0.3, 0.4) is 0 Å². The van der Waals surface area contributed by atoms with Crippen molar-refractivity contribution in [1.82, 2.24) is 4.90 Å². The lowest BCUT2D eigenvalue weighted by atomic mass is 10.1. The van der Waals surface area contributed by atoms with Crippen LogP contribution in [0.4, 0.5) is 17.1 Å². The molecule has 0 bridgehead atoms. The number of hydrogen-bond donors (Lipinski definition) is 2. The molecule has 1 fully saturated rings. The van der Waals surface area contributed by atoms with E-state index < -0.39 is 4.92 Å². The first kappa shape index (κ1) is 12.6. The molecule has 1 unspecified atom stereocenters. The number of piperidine rings is 1. The molecule has 1 aromatic carbocycles. The van der Waals surface area contributed by atoms with Crippen LogP contribution in [0, 0.1) is 10.1 Å². The molecule has 1 aliphatic rings. The average Bonchev–Trinajstić information content (AvgIpc) is 2.28. The Balaban J connectivity index is 2.10. The Labute approximate surface area is 106 Å². The second kappa shape index (κ2) is 5.22. The fraction of sp³-hybridized carbons (Fsp3) is 0.500. The molecule has 3 N–H and O–H groups in total. The number of nitrogens with two attached hydrogens (primary N) is 1. The normalized spacial score (nSPS) is 20.6. The van der Waals surface area contributed by atoms with Gasteiger partial charge in [0.1, 0.15) is 0 Å². The SMILES string of the molecule is CN1CCCC(Nc2cc(N)cc([N+](=O)[O-])c2)C1. The number of hydrogen-bond acceptors (Lipinski definition) is 5. The monoisotopic (exact) mass is 250 g/mol. The summed E-state index contributed by atoms with van der Waals surface area (Å²) in [6.07, 6.45) is 2.21. The van der Waals surface area contributed by atoms with Crippen molar-refractivity contribution >= 4 is 17.1 Å². The fourth-order valence-corrected chi connectivity index (χ4v) is 2.34. The molecule has 1 aliphatic heterocycles. The Morgan fingerprint density at radius 3 is 2.94 bits per heavy atom. The van der Waals surface area contributed by atoms with Gasteiger partial charge in [0.05, 0.1) is 4.92 Å². The number of anilines is 2. The zero-order chi connectivity index (χ0) is 13.1. The van der Waals surface area contributed by atoms with Gasteiger partial charge in [-0.25, -0.2) is 0 Å². The minimum Gasteiger partial charge on any atom is -0.398 e. The quantitative estimate of drug-likeness (QED) is 0.484. The summed E-state index contributed by atoms with van der Waals surface area (Å²) in [5.74, 6) is 0. The Bertz CT molecular complexity index is 450. The van der Waals surface area contributed by atoms with Crippen LogP contribution < -0.4 is 11.1 Å². The summed E-state index contributed by atoms with van der Waals surface area (Å²) in [6, 6.07) is 4.97. The molecule has 18 heavy (non-hydrogen) atoms. The molecule has 2 rings (SSSR count). The number of rotatable bonds is 3. The van der Waals surface area contributed by atoms with Crippen molar-refractivity contribution in [3.05, 3.63) is 28.3 Å². The molecule has 1 aromatic rings. The maximum absolute atomic E-state index is 10.8. The number of nitrogens with one attached hydrogen (secondary N) is 1. The van der Waals surface area contributed by atoms with Crippen LogP contribution in [0.15, 0.2) is 18.2 Å². The molecule has 0 spiro atoms. The highest BCUT2D eigenvalue weighted by Gasteiger charge is 2.18. The Morgan fingerprint density at radius 2 is 2.28 bits per heavy atom. The first-order valence-corrected chi connectivity index (χ1v) is 6.04. The van der Waals surface area contributed by atoms with Crippen molar-refractivity contribution in [1.29, 1.82) is 0 Å². The zero-order valence-corrected chi connectivity index (χ0v) is 10.4. The van der Waals surface area contributed by atoms with Crippen molar-refractivity contribution < 1.29 is 4.92 Å². The summed E-state index contributed by atoms with van der Waals surface area (Å²) in [4.78, 5) is 12.6. The maximum atomic E-state index is 10.8.